The quantitative estimate of drug-likeness (QED) is 0.732. The van der Waals surface area contributed by atoms with Crippen LogP contribution in [0.2, 0.25) is 0 Å². The molecule has 2 aliphatic heterocycles. The minimum Gasteiger partial charge on any atom is -0.492 e. The lowest BCUT2D eigenvalue weighted by atomic mass is 10.2. The first-order valence-electron chi connectivity index (χ1n) is 9.32. The third kappa shape index (κ3) is 6.42. The number of ether oxygens (including phenoxy) is 1. The minimum absolute atomic E-state index is 0. The smallest absolute Gasteiger partial charge is 0.222 e. The van der Waals surface area contributed by atoms with E-state index in [1.165, 1.54) is 0 Å². The van der Waals surface area contributed by atoms with Crippen molar-refractivity contribution in [2.24, 2.45) is 0 Å². The summed E-state index contributed by atoms with van der Waals surface area (Å²) in [4.78, 5) is 18.1. The maximum absolute atomic E-state index is 11.7. The molecule has 8 heteroatoms. The second kappa shape index (κ2) is 11.6. The number of halogens is 2. The van der Waals surface area contributed by atoms with Crippen LogP contribution in [0.5, 0.6) is 5.75 Å². The van der Waals surface area contributed by atoms with Crippen LogP contribution in [0.1, 0.15) is 19.8 Å². The van der Waals surface area contributed by atoms with E-state index >= 15 is 0 Å². The molecule has 27 heavy (non-hydrogen) atoms. The topological polar surface area (TPSA) is 56.2 Å². The lowest BCUT2D eigenvalue weighted by molar-refractivity contribution is -0.129. The van der Waals surface area contributed by atoms with Crippen molar-refractivity contribution in [1.29, 1.82) is 0 Å². The van der Waals surface area contributed by atoms with Crippen molar-refractivity contribution in [2.75, 3.05) is 57.3 Å². The molecule has 6 nitrogen and oxygen atoms in total. The third-order valence-corrected chi connectivity index (χ3v) is 4.95. The van der Waals surface area contributed by atoms with E-state index < -0.39 is 6.10 Å². The number of hydrogen-bond donors (Lipinski definition) is 1. The zero-order valence-electron chi connectivity index (χ0n) is 15.9. The summed E-state index contributed by atoms with van der Waals surface area (Å²) in [6, 6.07) is 8.16. The number of nitrogens with zero attached hydrogens (tertiary/aromatic N) is 3. The summed E-state index contributed by atoms with van der Waals surface area (Å²) in [5, 5.41) is 10.3. The van der Waals surface area contributed by atoms with Crippen LogP contribution in [0.25, 0.3) is 0 Å². The summed E-state index contributed by atoms with van der Waals surface area (Å²) in [6.07, 6.45) is 1.08. The number of carbonyl (C=O) groups excluding carboxylic acids is 1. The maximum Gasteiger partial charge on any atom is 0.222 e. The Hall–Kier alpha value is -1.21. The number of likely N-dealkylation sites (tertiary alicyclic amines) is 1. The van der Waals surface area contributed by atoms with Crippen molar-refractivity contribution in [2.45, 2.75) is 25.9 Å². The van der Waals surface area contributed by atoms with Crippen LogP contribution in [0.4, 0.5) is 5.69 Å². The van der Waals surface area contributed by atoms with Crippen molar-refractivity contribution in [3.63, 3.8) is 0 Å². The molecule has 2 saturated heterocycles. The maximum atomic E-state index is 11.7. The van der Waals surface area contributed by atoms with Gasteiger partial charge in [-0.1, -0.05) is 12.1 Å². The highest BCUT2D eigenvalue weighted by Crippen LogP contribution is 2.28. The first-order valence-corrected chi connectivity index (χ1v) is 9.32. The minimum atomic E-state index is -0.468. The zero-order valence-corrected chi connectivity index (χ0v) is 17.5. The SMILES string of the molecule is CCOc1ccccc1N1CCN(CC(O)CN2CCCC2=O)CC1.Cl.Cl. The molecule has 1 amide bonds. The highest BCUT2D eigenvalue weighted by Gasteiger charge is 2.25. The van der Waals surface area contributed by atoms with Crippen molar-refractivity contribution in [3.8, 4) is 5.75 Å². The predicted molar refractivity (Wildman–Crippen MR) is 113 cm³/mol. The first-order chi connectivity index (χ1) is 12.2. The van der Waals surface area contributed by atoms with Crippen LogP contribution in [-0.4, -0.2) is 79.3 Å². The van der Waals surface area contributed by atoms with Crippen LogP contribution < -0.4 is 9.64 Å². The van der Waals surface area contributed by atoms with Gasteiger partial charge in [0.2, 0.25) is 5.91 Å². The summed E-state index contributed by atoms with van der Waals surface area (Å²) in [6.45, 7) is 8.20. The van der Waals surface area contributed by atoms with E-state index in [0.29, 0.717) is 26.1 Å². The fraction of sp³-hybridized carbons (Fsp3) is 0.632. The van der Waals surface area contributed by atoms with Gasteiger partial charge in [0.25, 0.3) is 0 Å². The van der Waals surface area contributed by atoms with Gasteiger partial charge >= 0.3 is 0 Å². The zero-order chi connectivity index (χ0) is 17.6. The lowest BCUT2D eigenvalue weighted by Crippen LogP contribution is -2.50. The molecule has 1 aromatic rings. The average molecular weight is 420 g/mol. The number of para-hydroxylation sites is 2. The number of hydrogen-bond acceptors (Lipinski definition) is 5. The Balaban J connectivity index is 0.00000182. The summed E-state index contributed by atoms with van der Waals surface area (Å²) in [7, 11) is 0. The highest BCUT2D eigenvalue weighted by molar-refractivity contribution is 5.85. The van der Waals surface area contributed by atoms with Gasteiger partial charge in [-0.05, 0) is 25.5 Å². The number of rotatable bonds is 7. The Bertz CT molecular complexity index is 583. The number of amides is 1. The molecule has 0 saturated carbocycles. The molecule has 2 aliphatic rings. The molecule has 1 unspecified atom stereocenters. The van der Waals surface area contributed by atoms with Gasteiger partial charge in [0, 0.05) is 52.2 Å². The standard InChI is InChI=1S/C19H29N3O3.2ClH/c1-2-25-18-7-4-3-6-17(18)21-12-10-20(11-13-21)14-16(23)15-22-9-5-8-19(22)24;;/h3-4,6-7,16,23H,2,5,8-15H2,1H3;2*1H. The number of benzene rings is 1. The molecule has 0 bridgehead atoms. The molecule has 0 aromatic heterocycles. The molecule has 154 valence electrons. The van der Waals surface area contributed by atoms with Gasteiger partial charge in [0.1, 0.15) is 5.75 Å². The lowest BCUT2D eigenvalue weighted by Gasteiger charge is -2.37. The number of aliphatic hydroxyl groups excluding tert-OH is 1. The Morgan fingerprint density at radius 2 is 1.78 bits per heavy atom. The number of aliphatic hydroxyl groups is 1. The molecule has 1 N–H and O–H groups in total. The summed E-state index contributed by atoms with van der Waals surface area (Å²) in [5.41, 5.74) is 1.15. The highest BCUT2D eigenvalue weighted by atomic mass is 35.5. The van der Waals surface area contributed by atoms with E-state index in [1.54, 1.807) is 4.90 Å². The molecule has 1 atom stereocenters. The summed E-state index contributed by atoms with van der Waals surface area (Å²) < 4.78 is 5.73. The Morgan fingerprint density at radius 1 is 1.07 bits per heavy atom. The monoisotopic (exact) mass is 419 g/mol. The normalized spacial score (nSPS) is 18.7. The fourth-order valence-electron chi connectivity index (χ4n) is 3.67. The molecule has 0 spiro atoms. The molecular formula is C19H31Cl2N3O3. The molecule has 2 heterocycles. The van der Waals surface area contributed by atoms with E-state index in [9.17, 15) is 9.90 Å². The van der Waals surface area contributed by atoms with Gasteiger partial charge in [-0.15, -0.1) is 24.8 Å². The predicted octanol–water partition coefficient (Wildman–Crippen LogP) is 2.03. The number of piperazine rings is 1. The second-order valence-corrected chi connectivity index (χ2v) is 6.79. The van der Waals surface area contributed by atoms with Crippen LogP contribution in [0, 0.1) is 0 Å². The van der Waals surface area contributed by atoms with Crippen LogP contribution in [0.3, 0.4) is 0 Å². The van der Waals surface area contributed by atoms with Crippen LogP contribution in [0.15, 0.2) is 24.3 Å². The number of carbonyl (C=O) groups is 1. The van der Waals surface area contributed by atoms with E-state index in [0.717, 1.165) is 50.6 Å². The van der Waals surface area contributed by atoms with Crippen molar-refractivity contribution >= 4 is 36.4 Å². The van der Waals surface area contributed by atoms with E-state index in [-0.39, 0.29) is 30.7 Å². The fourth-order valence-corrected chi connectivity index (χ4v) is 3.67. The molecule has 2 fully saturated rings. The van der Waals surface area contributed by atoms with E-state index in [2.05, 4.69) is 15.9 Å². The molecule has 1 aromatic carbocycles. The van der Waals surface area contributed by atoms with Gasteiger partial charge in [0.15, 0.2) is 0 Å². The molecule has 0 aliphatic carbocycles. The first kappa shape index (κ1) is 23.8. The number of β-amino-alcohol motifs (C(OH)–C–C–N with tert-alkyl or cyclic N) is 1. The average Bonchev–Trinajstić information content (AvgIpc) is 3.01. The Kier molecular flexibility index (Phi) is 10.2. The van der Waals surface area contributed by atoms with Gasteiger partial charge in [-0.25, -0.2) is 0 Å². The van der Waals surface area contributed by atoms with Crippen molar-refractivity contribution < 1.29 is 14.6 Å². The molecule has 0 radical (unpaired) electrons. The van der Waals surface area contributed by atoms with E-state index in [1.807, 2.05) is 25.1 Å². The van der Waals surface area contributed by atoms with Gasteiger partial charge < -0.3 is 19.6 Å². The largest absolute Gasteiger partial charge is 0.492 e. The van der Waals surface area contributed by atoms with E-state index in [4.69, 9.17) is 4.74 Å². The molecule has 3 rings (SSSR count). The van der Waals surface area contributed by atoms with Crippen molar-refractivity contribution in [1.82, 2.24) is 9.80 Å². The van der Waals surface area contributed by atoms with Gasteiger partial charge in [-0.3, -0.25) is 9.69 Å². The summed E-state index contributed by atoms with van der Waals surface area (Å²) in [5.74, 6) is 1.11. The Labute approximate surface area is 174 Å². The van der Waals surface area contributed by atoms with Crippen LogP contribution >= 0.6 is 24.8 Å². The molecular weight excluding hydrogens is 389 g/mol. The summed E-state index contributed by atoms with van der Waals surface area (Å²) >= 11 is 0. The van der Waals surface area contributed by atoms with Crippen molar-refractivity contribution in [3.05, 3.63) is 24.3 Å². The third-order valence-electron chi connectivity index (χ3n) is 4.95. The second-order valence-electron chi connectivity index (χ2n) is 6.79. The van der Waals surface area contributed by atoms with Gasteiger partial charge in [0.05, 0.1) is 18.4 Å². The van der Waals surface area contributed by atoms with Crippen LogP contribution in [-0.2, 0) is 4.79 Å². The Morgan fingerprint density at radius 3 is 2.41 bits per heavy atom. The number of anilines is 1. The van der Waals surface area contributed by atoms with Gasteiger partial charge in [-0.2, -0.15) is 0 Å².